The van der Waals surface area contributed by atoms with Gasteiger partial charge >= 0.3 is 6.09 Å². The maximum absolute atomic E-state index is 12.6. The fraction of sp³-hybridized carbons (Fsp3) is 0.364. The molecular weight excluding hydrogens is 356 g/mol. The van der Waals surface area contributed by atoms with Gasteiger partial charge < -0.3 is 19.7 Å². The molecule has 0 aliphatic carbocycles. The largest absolute Gasteiger partial charge is 0.494 e. The third kappa shape index (κ3) is 5.49. The van der Waals surface area contributed by atoms with E-state index >= 15 is 0 Å². The molecule has 1 saturated heterocycles. The summed E-state index contributed by atoms with van der Waals surface area (Å²) in [5.41, 5.74) is 1.60. The zero-order chi connectivity index (χ0) is 19.8. The van der Waals surface area contributed by atoms with Crippen molar-refractivity contribution in [1.82, 2.24) is 10.2 Å². The Morgan fingerprint density at radius 3 is 2.36 bits per heavy atom. The zero-order valence-electron chi connectivity index (χ0n) is 16.1. The van der Waals surface area contributed by atoms with Crippen molar-refractivity contribution in [2.45, 2.75) is 32.4 Å². The van der Waals surface area contributed by atoms with Crippen molar-refractivity contribution >= 4 is 12.0 Å². The number of piperidine rings is 1. The van der Waals surface area contributed by atoms with Gasteiger partial charge in [0.2, 0.25) is 0 Å². The first-order valence-corrected chi connectivity index (χ1v) is 9.65. The average molecular weight is 382 g/mol. The summed E-state index contributed by atoms with van der Waals surface area (Å²) in [6.45, 7) is 3.99. The number of nitrogens with one attached hydrogen (secondary N) is 1. The van der Waals surface area contributed by atoms with Crippen molar-refractivity contribution < 1.29 is 19.1 Å². The molecule has 0 spiro atoms. The second-order valence-corrected chi connectivity index (χ2v) is 6.73. The Kier molecular flexibility index (Phi) is 6.89. The number of nitrogens with zero attached hydrogens (tertiary/aromatic N) is 1. The lowest BCUT2D eigenvalue weighted by atomic mass is 10.0. The molecule has 1 aliphatic heterocycles. The topological polar surface area (TPSA) is 67.9 Å². The number of hydrogen-bond acceptors (Lipinski definition) is 4. The van der Waals surface area contributed by atoms with Crippen LogP contribution in [0.2, 0.25) is 0 Å². The van der Waals surface area contributed by atoms with E-state index in [9.17, 15) is 9.59 Å². The van der Waals surface area contributed by atoms with Crippen molar-refractivity contribution in [2.24, 2.45) is 0 Å². The molecule has 2 aromatic carbocycles. The third-order valence-electron chi connectivity index (χ3n) is 4.73. The standard InChI is InChI=1S/C22H26N2O4/c1-2-27-20-10-8-18(9-11-20)21(25)24-14-12-19(13-15-24)23-22(26)28-16-17-6-4-3-5-7-17/h3-11,19H,2,12-16H2,1H3,(H,23,26). The number of benzene rings is 2. The smallest absolute Gasteiger partial charge is 0.407 e. The molecule has 1 aliphatic rings. The van der Waals surface area contributed by atoms with E-state index in [1.54, 1.807) is 12.1 Å². The van der Waals surface area contributed by atoms with E-state index in [0.717, 1.165) is 11.3 Å². The lowest BCUT2D eigenvalue weighted by molar-refractivity contribution is 0.0700. The van der Waals surface area contributed by atoms with E-state index in [1.807, 2.05) is 54.3 Å². The van der Waals surface area contributed by atoms with Crippen molar-refractivity contribution in [2.75, 3.05) is 19.7 Å². The van der Waals surface area contributed by atoms with Crippen LogP contribution < -0.4 is 10.1 Å². The quantitative estimate of drug-likeness (QED) is 0.829. The van der Waals surface area contributed by atoms with Crippen LogP contribution in [0.4, 0.5) is 4.79 Å². The summed E-state index contributed by atoms with van der Waals surface area (Å²) >= 11 is 0. The lowest BCUT2D eigenvalue weighted by Crippen LogP contribution is -2.46. The average Bonchev–Trinajstić information content (AvgIpc) is 2.74. The molecule has 148 valence electrons. The molecule has 0 aromatic heterocycles. The van der Waals surface area contributed by atoms with Gasteiger partial charge in [0.1, 0.15) is 12.4 Å². The van der Waals surface area contributed by atoms with Crippen LogP contribution in [0.15, 0.2) is 54.6 Å². The van der Waals surface area contributed by atoms with Crippen molar-refractivity contribution in [3.8, 4) is 5.75 Å². The van der Waals surface area contributed by atoms with E-state index in [-0.39, 0.29) is 18.6 Å². The van der Waals surface area contributed by atoms with Crippen LogP contribution in [0.5, 0.6) is 5.75 Å². The summed E-state index contributed by atoms with van der Waals surface area (Å²) in [6, 6.07) is 16.8. The lowest BCUT2D eigenvalue weighted by Gasteiger charge is -2.32. The van der Waals surface area contributed by atoms with Crippen LogP contribution in [0, 0.1) is 0 Å². The van der Waals surface area contributed by atoms with E-state index in [1.165, 1.54) is 0 Å². The van der Waals surface area contributed by atoms with Crippen LogP contribution in [-0.2, 0) is 11.3 Å². The van der Waals surface area contributed by atoms with Gasteiger partial charge in [-0.1, -0.05) is 30.3 Å². The van der Waals surface area contributed by atoms with Crippen LogP contribution >= 0.6 is 0 Å². The molecule has 28 heavy (non-hydrogen) atoms. The highest BCUT2D eigenvalue weighted by Gasteiger charge is 2.25. The minimum absolute atomic E-state index is 0.00755. The normalized spacial score (nSPS) is 14.4. The predicted molar refractivity (Wildman–Crippen MR) is 106 cm³/mol. The SMILES string of the molecule is CCOc1ccc(C(=O)N2CCC(NC(=O)OCc3ccccc3)CC2)cc1. The number of hydrogen-bond donors (Lipinski definition) is 1. The van der Waals surface area contributed by atoms with Gasteiger partial charge in [-0.25, -0.2) is 4.79 Å². The summed E-state index contributed by atoms with van der Waals surface area (Å²) in [7, 11) is 0. The molecule has 0 radical (unpaired) electrons. The first-order valence-electron chi connectivity index (χ1n) is 9.65. The highest BCUT2D eigenvalue weighted by atomic mass is 16.5. The number of carbonyl (C=O) groups is 2. The van der Waals surface area contributed by atoms with E-state index in [0.29, 0.717) is 38.1 Å². The Hall–Kier alpha value is -3.02. The van der Waals surface area contributed by atoms with Crippen molar-refractivity contribution in [1.29, 1.82) is 0 Å². The zero-order valence-corrected chi connectivity index (χ0v) is 16.1. The van der Waals surface area contributed by atoms with Gasteiger partial charge in [-0.15, -0.1) is 0 Å². The highest BCUT2D eigenvalue weighted by Crippen LogP contribution is 2.17. The third-order valence-corrected chi connectivity index (χ3v) is 4.73. The summed E-state index contributed by atoms with van der Waals surface area (Å²) in [5, 5.41) is 2.89. The molecule has 6 heteroatoms. The molecule has 1 N–H and O–H groups in total. The fourth-order valence-corrected chi connectivity index (χ4v) is 3.20. The Balaban J connectivity index is 1.42. The maximum Gasteiger partial charge on any atom is 0.407 e. The molecule has 6 nitrogen and oxygen atoms in total. The Morgan fingerprint density at radius 2 is 1.71 bits per heavy atom. The number of ether oxygens (including phenoxy) is 2. The molecule has 1 heterocycles. The number of likely N-dealkylation sites (tertiary alicyclic amines) is 1. The molecule has 0 unspecified atom stereocenters. The molecule has 1 fully saturated rings. The van der Waals surface area contributed by atoms with Gasteiger partial charge in [0, 0.05) is 24.7 Å². The van der Waals surface area contributed by atoms with Gasteiger partial charge in [-0.3, -0.25) is 4.79 Å². The van der Waals surface area contributed by atoms with E-state index < -0.39 is 6.09 Å². The number of alkyl carbamates (subject to hydrolysis) is 1. The Labute approximate surface area is 165 Å². The van der Waals surface area contributed by atoms with Gasteiger partial charge in [-0.2, -0.15) is 0 Å². The first-order chi connectivity index (χ1) is 13.7. The number of carbonyl (C=O) groups excluding carboxylic acids is 2. The molecule has 3 rings (SSSR count). The maximum atomic E-state index is 12.6. The Bertz CT molecular complexity index is 769. The molecular formula is C22H26N2O4. The summed E-state index contributed by atoms with van der Waals surface area (Å²) < 4.78 is 10.7. The first kappa shape index (κ1) is 19.7. The van der Waals surface area contributed by atoms with Crippen LogP contribution in [0.25, 0.3) is 0 Å². The number of rotatable bonds is 6. The highest BCUT2D eigenvalue weighted by molar-refractivity contribution is 5.94. The minimum atomic E-state index is -0.417. The van der Waals surface area contributed by atoms with Crippen molar-refractivity contribution in [3.05, 3.63) is 65.7 Å². The van der Waals surface area contributed by atoms with Crippen molar-refractivity contribution in [3.63, 3.8) is 0 Å². The van der Waals surface area contributed by atoms with Crippen LogP contribution in [0.3, 0.4) is 0 Å². The molecule has 2 amide bonds. The fourth-order valence-electron chi connectivity index (χ4n) is 3.20. The summed E-state index contributed by atoms with van der Waals surface area (Å²) in [4.78, 5) is 26.4. The van der Waals surface area contributed by atoms with Crippen LogP contribution in [-0.4, -0.2) is 42.6 Å². The second-order valence-electron chi connectivity index (χ2n) is 6.73. The van der Waals surface area contributed by atoms with E-state index in [2.05, 4.69) is 5.32 Å². The van der Waals surface area contributed by atoms with Gasteiger partial charge in [0.15, 0.2) is 0 Å². The molecule has 0 saturated carbocycles. The molecule has 0 atom stereocenters. The minimum Gasteiger partial charge on any atom is -0.494 e. The van der Waals surface area contributed by atoms with E-state index in [4.69, 9.17) is 9.47 Å². The van der Waals surface area contributed by atoms with Gasteiger partial charge in [-0.05, 0) is 49.6 Å². The number of amides is 2. The summed E-state index contributed by atoms with van der Waals surface area (Å²) in [6.07, 6.45) is 1.01. The monoisotopic (exact) mass is 382 g/mol. The predicted octanol–water partition coefficient (Wildman–Crippen LogP) is 3.62. The van der Waals surface area contributed by atoms with Gasteiger partial charge in [0.25, 0.3) is 5.91 Å². The molecule has 0 bridgehead atoms. The Morgan fingerprint density at radius 1 is 1.04 bits per heavy atom. The summed E-state index contributed by atoms with van der Waals surface area (Å²) in [5.74, 6) is 0.768. The molecule has 2 aromatic rings. The second kappa shape index (κ2) is 9.78. The van der Waals surface area contributed by atoms with Gasteiger partial charge in [0.05, 0.1) is 6.61 Å². The van der Waals surface area contributed by atoms with Crippen LogP contribution in [0.1, 0.15) is 35.7 Å².